The molecule has 4 heteroatoms. The van der Waals surface area contributed by atoms with Crippen molar-refractivity contribution in [3.63, 3.8) is 0 Å². The molecule has 22 heavy (non-hydrogen) atoms. The highest BCUT2D eigenvalue weighted by Crippen LogP contribution is 2.34. The van der Waals surface area contributed by atoms with Gasteiger partial charge in [0, 0.05) is 18.0 Å². The first-order valence-electron chi connectivity index (χ1n) is 7.31. The number of carbonyl (C=O) groups is 1. The smallest absolute Gasteiger partial charge is 0.223 e. The van der Waals surface area contributed by atoms with Crippen LogP contribution in [0.25, 0.3) is 0 Å². The van der Waals surface area contributed by atoms with Crippen LogP contribution in [0.5, 0.6) is 0 Å². The number of hydrogen-bond donors (Lipinski definition) is 1. The van der Waals surface area contributed by atoms with Crippen molar-refractivity contribution in [3.05, 3.63) is 71.0 Å². The van der Waals surface area contributed by atoms with Crippen LogP contribution < -0.4 is 0 Å². The molecule has 1 atom stereocenters. The molecule has 1 unspecified atom stereocenters. The second-order valence-corrected chi connectivity index (χ2v) is 5.65. The van der Waals surface area contributed by atoms with Gasteiger partial charge in [0.2, 0.25) is 5.91 Å². The van der Waals surface area contributed by atoms with Crippen molar-refractivity contribution >= 4 is 17.5 Å². The predicted octanol–water partition coefficient (Wildman–Crippen LogP) is 4.58. The summed E-state index contributed by atoms with van der Waals surface area (Å²) in [5, 5.41) is 10.4. The summed E-state index contributed by atoms with van der Waals surface area (Å²) in [7, 11) is 0. The Morgan fingerprint density at radius 3 is 2.82 bits per heavy atom. The average molecular weight is 318 g/mol. The second-order valence-electron chi connectivity index (χ2n) is 5.21. The van der Waals surface area contributed by atoms with Gasteiger partial charge in [-0.15, -0.1) is 0 Å². The first-order valence-corrected chi connectivity index (χ1v) is 7.69. The van der Waals surface area contributed by atoms with Gasteiger partial charge in [0.1, 0.15) is 5.76 Å². The molecule has 1 aliphatic rings. The van der Waals surface area contributed by atoms with Gasteiger partial charge < -0.3 is 10.0 Å². The van der Waals surface area contributed by atoms with Crippen LogP contribution in [-0.4, -0.2) is 22.5 Å². The van der Waals surface area contributed by atoms with Crippen LogP contribution in [0.1, 0.15) is 31.4 Å². The predicted molar refractivity (Wildman–Crippen MR) is 89.8 cm³/mol. The van der Waals surface area contributed by atoms with E-state index in [2.05, 4.69) is 6.58 Å². The van der Waals surface area contributed by atoms with Gasteiger partial charge in [-0.25, -0.2) is 0 Å². The summed E-state index contributed by atoms with van der Waals surface area (Å²) < 4.78 is 0. The monoisotopic (exact) mass is 317 g/mol. The molecule has 0 aliphatic carbocycles. The third-order valence-electron chi connectivity index (χ3n) is 3.76. The largest absolute Gasteiger partial charge is 0.508 e. The zero-order chi connectivity index (χ0) is 16.1. The first-order chi connectivity index (χ1) is 10.6. The number of nitrogens with zero attached hydrogens (tertiary/aromatic N) is 1. The molecule has 1 fully saturated rings. The fourth-order valence-corrected chi connectivity index (χ4v) is 2.92. The molecule has 0 bridgehead atoms. The van der Waals surface area contributed by atoms with Crippen molar-refractivity contribution in [3.8, 4) is 0 Å². The van der Waals surface area contributed by atoms with Crippen LogP contribution in [0.15, 0.2) is 60.4 Å². The first kappa shape index (κ1) is 16.4. The summed E-state index contributed by atoms with van der Waals surface area (Å²) in [4.78, 5) is 14.1. The Kier molecular flexibility index (Phi) is 5.45. The van der Waals surface area contributed by atoms with E-state index >= 15 is 0 Å². The lowest BCUT2D eigenvalue weighted by Gasteiger charge is -2.29. The fourth-order valence-electron chi connectivity index (χ4n) is 2.72. The van der Waals surface area contributed by atoms with E-state index < -0.39 is 0 Å². The Labute approximate surface area is 136 Å². The number of benzene rings is 1. The van der Waals surface area contributed by atoms with Gasteiger partial charge in [-0.05, 0) is 48.8 Å². The lowest BCUT2D eigenvalue weighted by molar-refractivity contribution is -0.129. The maximum Gasteiger partial charge on any atom is 0.223 e. The maximum absolute atomic E-state index is 12.2. The van der Waals surface area contributed by atoms with Crippen LogP contribution in [0.2, 0.25) is 5.02 Å². The van der Waals surface area contributed by atoms with Crippen LogP contribution in [0.4, 0.5) is 0 Å². The Morgan fingerprint density at radius 2 is 2.27 bits per heavy atom. The fraction of sp³-hybridized carbons (Fsp3) is 0.278. The highest BCUT2D eigenvalue weighted by Gasteiger charge is 2.30. The molecule has 2 rings (SSSR count). The lowest BCUT2D eigenvalue weighted by atomic mass is 9.96. The standard InChI is InChI=1S/C18H20ClNO2/c1-3-13(12-16(21)4-2)18(20-10-6-9-17(20)22)14-7-5-8-15(19)11-14/h3-5,7-8,11-12,18,21H,2,6,9-10H2,1H3/b13-3+,16-12+. The quantitative estimate of drug-likeness (QED) is 0.638. The van der Waals surface area contributed by atoms with E-state index in [0.29, 0.717) is 18.0 Å². The van der Waals surface area contributed by atoms with Gasteiger partial charge in [0.15, 0.2) is 0 Å². The summed E-state index contributed by atoms with van der Waals surface area (Å²) in [6.07, 6.45) is 6.33. The van der Waals surface area contributed by atoms with Gasteiger partial charge in [0.05, 0.1) is 6.04 Å². The van der Waals surface area contributed by atoms with Crippen molar-refractivity contribution < 1.29 is 9.90 Å². The molecule has 1 saturated heterocycles. The molecule has 0 saturated carbocycles. The van der Waals surface area contributed by atoms with E-state index in [4.69, 9.17) is 11.6 Å². The molecule has 1 aliphatic heterocycles. The molecule has 1 aromatic carbocycles. The zero-order valence-corrected chi connectivity index (χ0v) is 13.4. The third kappa shape index (κ3) is 3.60. The molecule has 1 N–H and O–H groups in total. The van der Waals surface area contributed by atoms with E-state index in [0.717, 1.165) is 17.6 Å². The normalized spacial score (nSPS) is 17.7. The molecule has 116 valence electrons. The van der Waals surface area contributed by atoms with E-state index in [1.165, 1.54) is 6.08 Å². The van der Waals surface area contributed by atoms with Crippen LogP contribution in [0, 0.1) is 0 Å². The summed E-state index contributed by atoms with van der Waals surface area (Å²) in [5.74, 6) is 0.197. The Bertz CT molecular complexity index is 634. The van der Waals surface area contributed by atoms with Crippen LogP contribution in [0.3, 0.4) is 0 Å². The molecular formula is C18H20ClNO2. The summed E-state index contributed by atoms with van der Waals surface area (Å²) >= 11 is 6.11. The number of halogens is 1. The third-order valence-corrected chi connectivity index (χ3v) is 3.99. The molecule has 1 aromatic rings. The van der Waals surface area contributed by atoms with Crippen molar-refractivity contribution in [2.75, 3.05) is 6.54 Å². The van der Waals surface area contributed by atoms with Crippen molar-refractivity contribution in [2.45, 2.75) is 25.8 Å². The summed E-state index contributed by atoms with van der Waals surface area (Å²) in [5.41, 5.74) is 1.78. The molecule has 1 amide bonds. The van der Waals surface area contributed by atoms with E-state index in [-0.39, 0.29) is 17.7 Å². The minimum absolute atomic E-state index is 0.0757. The van der Waals surface area contributed by atoms with Crippen LogP contribution >= 0.6 is 11.6 Å². The van der Waals surface area contributed by atoms with Gasteiger partial charge in [-0.3, -0.25) is 4.79 Å². The van der Waals surface area contributed by atoms with E-state index in [9.17, 15) is 9.90 Å². The average Bonchev–Trinajstić information content (AvgIpc) is 2.92. The van der Waals surface area contributed by atoms with Crippen molar-refractivity contribution in [2.24, 2.45) is 0 Å². The Morgan fingerprint density at radius 1 is 1.50 bits per heavy atom. The number of hydrogen-bond acceptors (Lipinski definition) is 2. The van der Waals surface area contributed by atoms with Gasteiger partial charge in [0.25, 0.3) is 0 Å². The number of rotatable bonds is 5. The molecule has 0 spiro atoms. The second kappa shape index (κ2) is 7.32. The zero-order valence-electron chi connectivity index (χ0n) is 12.6. The topological polar surface area (TPSA) is 40.5 Å². The molecular weight excluding hydrogens is 298 g/mol. The molecule has 0 radical (unpaired) electrons. The highest BCUT2D eigenvalue weighted by atomic mass is 35.5. The summed E-state index contributed by atoms with van der Waals surface area (Å²) in [6.45, 7) is 6.15. The SMILES string of the molecule is C=C/C(O)=C\C(=C/C)C(c1cccc(Cl)c1)N1CCCC1=O. The number of aliphatic hydroxyl groups excluding tert-OH is 1. The molecule has 1 heterocycles. The number of aliphatic hydroxyl groups is 1. The summed E-state index contributed by atoms with van der Waals surface area (Å²) in [6, 6.07) is 7.24. The number of amides is 1. The number of carbonyl (C=O) groups excluding carboxylic acids is 1. The van der Waals surface area contributed by atoms with Gasteiger partial charge in [-0.1, -0.05) is 36.4 Å². The minimum atomic E-state index is -0.249. The number of allylic oxidation sites excluding steroid dienone is 2. The van der Waals surface area contributed by atoms with Gasteiger partial charge in [-0.2, -0.15) is 0 Å². The minimum Gasteiger partial charge on any atom is -0.508 e. The lowest BCUT2D eigenvalue weighted by Crippen LogP contribution is -2.31. The van der Waals surface area contributed by atoms with Crippen molar-refractivity contribution in [1.82, 2.24) is 4.90 Å². The molecule has 3 nitrogen and oxygen atoms in total. The highest BCUT2D eigenvalue weighted by molar-refractivity contribution is 6.30. The van der Waals surface area contributed by atoms with Crippen LogP contribution in [-0.2, 0) is 4.79 Å². The maximum atomic E-state index is 12.2. The Balaban J connectivity index is 2.49. The van der Waals surface area contributed by atoms with E-state index in [1.54, 1.807) is 12.1 Å². The van der Waals surface area contributed by atoms with Crippen molar-refractivity contribution in [1.29, 1.82) is 0 Å². The Hall–Kier alpha value is -2.00. The number of likely N-dealkylation sites (tertiary alicyclic amines) is 1. The van der Waals surface area contributed by atoms with E-state index in [1.807, 2.05) is 36.1 Å². The molecule has 0 aromatic heterocycles. The van der Waals surface area contributed by atoms with Gasteiger partial charge >= 0.3 is 0 Å².